The Labute approximate surface area is 208 Å². The smallest absolute Gasteiger partial charge is 0.407 e. The summed E-state index contributed by atoms with van der Waals surface area (Å²) in [5, 5.41) is 6.16. The molecule has 1 saturated carbocycles. The van der Waals surface area contributed by atoms with Crippen molar-refractivity contribution in [1.29, 1.82) is 0 Å². The van der Waals surface area contributed by atoms with E-state index in [-0.39, 0.29) is 41.4 Å². The lowest BCUT2D eigenvalue weighted by Crippen LogP contribution is -2.40. The molecule has 2 aliphatic rings. The van der Waals surface area contributed by atoms with E-state index in [9.17, 15) is 18.8 Å². The highest BCUT2D eigenvalue weighted by atomic mass is 19.1. The molecule has 2 aromatic rings. The summed E-state index contributed by atoms with van der Waals surface area (Å²) < 4.78 is 26.9. The SMILES string of the molecule is CCOC(=O)c1cn(C2CC2)c2c(C#CCC3CC(NC(=O)OC(C)(C)C)CN3)c(F)cnc2c1=O. The van der Waals surface area contributed by atoms with Crippen molar-refractivity contribution in [2.45, 2.75) is 77.1 Å². The molecule has 2 fully saturated rings. The van der Waals surface area contributed by atoms with Crippen molar-refractivity contribution in [3.05, 3.63) is 39.6 Å². The van der Waals surface area contributed by atoms with Crippen LogP contribution in [0.5, 0.6) is 0 Å². The van der Waals surface area contributed by atoms with Crippen LogP contribution in [-0.2, 0) is 9.47 Å². The topological polar surface area (TPSA) is 112 Å². The van der Waals surface area contributed by atoms with Crippen LogP contribution in [0, 0.1) is 17.7 Å². The second kappa shape index (κ2) is 10.3. The lowest BCUT2D eigenvalue weighted by molar-refractivity contribution is 0.0502. The Kier molecular flexibility index (Phi) is 7.31. The van der Waals surface area contributed by atoms with E-state index >= 15 is 0 Å². The van der Waals surface area contributed by atoms with Crippen LogP contribution < -0.4 is 16.1 Å². The number of nitrogens with zero attached hydrogens (tertiary/aromatic N) is 2. The zero-order valence-electron chi connectivity index (χ0n) is 20.9. The lowest BCUT2D eigenvalue weighted by atomic mass is 10.1. The predicted octanol–water partition coefficient (Wildman–Crippen LogP) is 3.04. The van der Waals surface area contributed by atoms with Gasteiger partial charge in [0.2, 0.25) is 5.43 Å². The Bertz CT molecular complexity index is 1300. The van der Waals surface area contributed by atoms with Crippen molar-refractivity contribution in [2.75, 3.05) is 13.2 Å². The Morgan fingerprint density at radius 2 is 2.08 bits per heavy atom. The maximum atomic E-state index is 14.9. The summed E-state index contributed by atoms with van der Waals surface area (Å²) in [4.78, 5) is 41.4. The summed E-state index contributed by atoms with van der Waals surface area (Å²) in [7, 11) is 0. The molecule has 3 heterocycles. The molecule has 192 valence electrons. The quantitative estimate of drug-likeness (QED) is 0.481. The molecule has 0 aromatic carbocycles. The van der Waals surface area contributed by atoms with Crippen molar-refractivity contribution >= 4 is 23.1 Å². The minimum Gasteiger partial charge on any atom is -0.462 e. The number of halogens is 1. The van der Waals surface area contributed by atoms with Crippen molar-refractivity contribution in [3.63, 3.8) is 0 Å². The van der Waals surface area contributed by atoms with Crippen molar-refractivity contribution in [1.82, 2.24) is 20.2 Å². The number of carbonyl (C=O) groups excluding carboxylic acids is 2. The number of amides is 1. The number of alkyl carbamates (subject to hydrolysis) is 1. The van der Waals surface area contributed by atoms with Gasteiger partial charge in [-0.05, 0) is 47.0 Å². The third kappa shape index (κ3) is 5.85. The first kappa shape index (κ1) is 25.6. The minimum absolute atomic E-state index is 0.00114. The van der Waals surface area contributed by atoms with E-state index in [1.165, 1.54) is 6.20 Å². The highest BCUT2D eigenvalue weighted by Crippen LogP contribution is 2.37. The molecule has 2 N–H and O–H groups in total. The standard InChI is InChI=1S/C26H31FN4O5/c1-5-35-24(33)19-14-31(17-9-10-17)22-18(20(27)13-29-21(22)23(19)32)8-6-7-15-11-16(12-28-15)30-25(34)36-26(2,3)4/h13-17,28H,5,7,9-12H2,1-4H3,(H,30,34). The average molecular weight is 499 g/mol. The fraction of sp³-hybridized carbons (Fsp3) is 0.538. The van der Waals surface area contributed by atoms with Gasteiger partial charge in [-0.3, -0.25) is 4.79 Å². The van der Waals surface area contributed by atoms with Crippen LogP contribution in [0.25, 0.3) is 11.0 Å². The number of pyridine rings is 2. The molecule has 4 rings (SSSR count). The summed E-state index contributed by atoms with van der Waals surface area (Å²) in [6.45, 7) is 7.79. The van der Waals surface area contributed by atoms with Gasteiger partial charge >= 0.3 is 12.1 Å². The van der Waals surface area contributed by atoms with Gasteiger partial charge in [-0.25, -0.2) is 19.0 Å². The number of carbonyl (C=O) groups is 2. The molecule has 1 aliphatic carbocycles. The monoisotopic (exact) mass is 498 g/mol. The van der Waals surface area contributed by atoms with Gasteiger partial charge in [-0.15, -0.1) is 0 Å². The molecule has 2 atom stereocenters. The second-order valence-electron chi connectivity index (χ2n) is 10.1. The number of hydrogen-bond acceptors (Lipinski definition) is 7. The van der Waals surface area contributed by atoms with Gasteiger partial charge in [-0.2, -0.15) is 0 Å². The Morgan fingerprint density at radius 1 is 1.33 bits per heavy atom. The number of fused-ring (bicyclic) bond motifs is 1. The average Bonchev–Trinajstić information content (AvgIpc) is 3.54. The largest absolute Gasteiger partial charge is 0.462 e. The van der Waals surface area contributed by atoms with E-state index in [2.05, 4.69) is 27.5 Å². The first-order valence-electron chi connectivity index (χ1n) is 12.2. The number of esters is 1. The highest BCUT2D eigenvalue weighted by Gasteiger charge is 2.30. The number of nitrogens with one attached hydrogen (secondary N) is 2. The molecular formula is C26H31FN4O5. The van der Waals surface area contributed by atoms with Crippen LogP contribution in [0.15, 0.2) is 17.2 Å². The van der Waals surface area contributed by atoms with Crippen LogP contribution in [0.2, 0.25) is 0 Å². The molecular weight excluding hydrogens is 467 g/mol. The second-order valence-corrected chi connectivity index (χ2v) is 10.1. The first-order chi connectivity index (χ1) is 17.1. The van der Waals surface area contributed by atoms with Gasteiger partial charge in [-0.1, -0.05) is 11.8 Å². The minimum atomic E-state index is -0.723. The van der Waals surface area contributed by atoms with E-state index in [0.29, 0.717) is 24.9 Å². The molecule has 10 heteroatoms. The normalized spacial score (nSPS) is 19.5. The summed E-state index contributed by atoms with van der Waals surface area (Å²) in [6, 6.07) is -0.0391. The predicted molar refractivity (Wildman–Crippen MR) is 131 cm³/mol. The van der Waals surface area contributed by atoms with Crippen molar-refractivity contribution in [3.8, 4) is 11.8 Å². The lowest BCUT2D eigenvalue weighted by Gasteiger charge is -2.21. The number of ether oxygens (including phenoxy) is 2. The van der Waals surface area contributed by atoms with E-state index in [1.54, 1.807) is 32.3 Å². The maximum Gasteiger partial charge on any atom is 0.407 e. The molecule has 36 heavy (non-hydrogen) atoms. The fourth-order valence-corrected chi connectivity index (χ4v) is 4.22. The molecule has 0 spiro atoms. The molecule has 9 nitrogen and oxygen atoms in total. The van der Waals surface area contributed by atoms with E-state index in [0.717, 1.165) is 19.0 Å². The Hall–Kier alpha value is -3.45. The van der Waals surface area contributed by atoms with Crippen molar-refractivity contribution in [2.24, 2.45) is 0 Å². The van der Waals surface area contributed by atoms with E-state index in [4.69, 9.17) is 9.47 Å². The molecule has 1 saturated heterocycles. The summed E-state index contributed by atoms with van der Waals surface area (Å²) >= 11 is 0. The Morgan fingerprint density at radius 3 is 2.75 bits per heavy atom. The van der Waals surface area contributed by atoms with Gasteiger partial charge in [0.05, 0.1) is 23.9 Å². The molecule has 0 bridgehead atoms. The van der Waals surface area contributed by atoms with E-state index < -0.39 is 28.9 Å². The molecule has 2 unspecified atom stereocenters. The van der Waals surface area contributed by atoms with Crippen LogP contribution in [0.4, 0.5) is 9.18 Å². The van der Waals surface area contributed by atoms with E-state index in [1.807, 2.05) is 0 Å². The van der Waals surface area contributed by atoms with Gasteiger partial charge < -0.3 is 24.7 Å². The summed E-state index contributed by atoms with van der Waals surface area (Å²) in [6.07, 6.45) is 4.72. The third-order valence-corrected chi connectivity index (χ3v) is 5.93. The van der Waals surface area contributed by atoms with Gasteiger partial charge in [0.15, 0.2) is 5.82 Å². The van der Waals surface area contributed by atoms with Gasteiger partial charge in [0.25, 0.3) is 0 Å². The van der Waals surface area contributed by atoms with Crippen LogP contribution in [0.1, 0.15) is 75.3 Å². The third-order valence-electron chi connectivity index (χ3n) is 5.93. The van der Waals surface area contributed by atoms with Crippen LogP contribution in [-0.4, -0.2) is 52.4 Å². The van der Waals surface area contributed by atoms with Gasteiger partial charge in [0.1, 0.15) is 16.7 Å². The number of aromatic nitrogens is 2. The van der Waals surface area contributed by atoms with Crippen LogP contribution >= 0.6 is 0 Å². The summed E-state index contributed by atoms with van der Waals surface area (Å²) in [5.74, 6) is 4.57. The molecule has 0 radical (unpaired) electrons. The zero-order chi connectivity index (χ0) is 26.0. The fourth-order valence-electron chi connectivity index (χ4n) is 4.22. The Balaban J connectivity index is 1.55. The maximum absolute atomic E-state index is 14.9. The number of rotatable bonds is 5. The highest BCUT2D eigenvalue weighted by molar-refractivity contribution is 5.94. The zero-order valence-corrected chi connectivity index (χ0v) is 20.9. The van der Waals surface area contributed by atoms with Crippen LogP contribution in [0.3, 0.4) is 0 Å². The first-order valence-corrected chi connectivity index (χ1v) is 12.2. The number of hydrogen-bond donors (Lipinski definition) is 2. The van der Waals surface area contributed by atoms with Gasteiger partial charge in [0, 0.05) is 37.3 Å². The summed E-state index contributed by atoms with van der Waals surface area (Å²) in [5.41, 5.74) is -0.909. The molecule has 2 aromatic heterocycles. The van der Waals surface area contributed by atoms with Crippen molar-refractivity contribution < 1.29 is 23.5 Å². The molecule has 1 aliphatic heterocycles. The molecule has 1 amide bonds.